The van der Waals surface area contributed by atoms with Gasteiger partial charge in [-0.15, -0.1) is 0 Å². The van der Waals surface area contributed by atoms with Crippen LogP contribution in [-0.2, 0) is 14.4 Å². The van der Waals surface area contributed by atoms with Gasteiger partial charge < -0.3 is 15.3 Å². The van der Waals surface area contributed by atoms with Crippen molar-refractivity contribution < 1.29 is 19.5 Å². The van der Waals surface area contributed by atoms with Gasteiger partial charge >= 0.3 is 5.97 Å². The quantitative estimate of drug-likeness (QED) is 0.683. The van der Waals surface area contributed by atoms with Crippen molar-refractivity contribution in [3.8, 4) is 0 Å². The summed E-state index contributed by atoms with van der Waals surface area (Å²) >= 11 is 0. The Kier molecular flexibility index (Phi) is 7.04. The maximum atomic E-state index is 11.9. The van der Waals surface area contributed by atoms with Gasteiger partial charge in [-0.3, -0.25) is 14.4 Å². The summed E-state index contributed by atoms with van der Waals surface area (Å²) in [6.45, 7) is 3.68. The number of carboxylic acid groups (broad SMARTS) is 1. The van der Waals surface area contributed by atoms with Gasteiger partial charge in [-0.25, -0.2) is 0 Å². The molecule has 0 spiro atoms. The lowest BCUT2D eigenvalue weighted by Gasteiger charge is -2.32. The molecule has 1 aliphatic heterocycles. The lowest BCUT2D eigenvalue weighted by Crippen LogP contribution is -2.41. The van der Waals surface area contributed by atoms with E-state index in [1.54, 1.807) is 0 Å². The molecule has 2 amide bonds. The molecule has 6 heteroatoms. The van der Waals surface area contributed by atoms with E-state index in [4.69, 9.17) is 5.11 Å². The fourth-order valence-corrected chi connectivity index (χ4v) is 2.39. The van der Waals surface area contributed by atoms with Gasteiger partial charge in [-0.1, -0.05) is 0 Å². The number of likely N-dealkylation sites (tertiary alicyclic amines) is 1. The summed E-state index contributed by atoms with van der Waals surface area (Å²) in [6, 6.07) is 0. The summed E-state index contributed by atoms with van der Waals surface area (Å²) in [5.41, 5.74) is 0. The lowest BCUT2D eigenvalue weighted by molar-refractivity contribution is -0.137. The normalized spacial score (nSPS) is 15.9. The number of amides is 2. The van der Waals surface area contributed by atoms with Crippen LogP contribution in [0.5, 0.6) is 0 Å². The van der Waals surface area contributed by atoms with Crippen molar-refractivity contribution in [1.29, 1.82) is 0 Å². The van der Waals surface area contributed by atoms with E-state index < -0.39 is 5.97 Å². The van der Waals surface area contributed by atoms with Gasteiger partial charge in [-0.2, -0.15) is 0 Å². The van der Waals surface area contributed by atoms with Gasteiger partial charge in [0.1, 0.15) is 0 Å². The van der Waals surface area contributed by atoms with Crippen molar-refractivity contribution >= 4 is 17.8 Å². The number of nitrogens with one attached hydrogen (secondary N) is 1. The minimum atomic E-state index is -0.809. The molecule has 20 heavy (non-hydrogen) atoms. The van der Waals surface area contributed by atoms with E-state index in [-0.39, 0.29) is 18.2 Å². The highest BCUT2D eigenvalue weighted by atomic mass is 16.4. The Balaban J connectivity index is 2.15. The maximum absolute atomic E-state index is 11.9. The Labute approximate surface area is 119 Å². The number of hydrogen-bond acceptors (Lipinski definition) is 3. The molecule has 1 saturated heterocycles. The summed E-state index contributed by atoms with van der Waals surface area (Å²) in [5, 5.41) is 11.3. The van der Waals surface area contributed by atoms with E-state index in [1.807, 2.05) is 4.90 Å². The van der Waals surface area contributed by atoms with Crippen molar-refractivity contribution in [3.05, 3.63) is 0 Å². The van der Waals surface area contributed by atoms with Crippen LogP contribution in [-0.4, -0.2) is 47.4 Å². The number of carboxylic acids is 1. The smallest absolute Gasteiger partial charge is 0.303 e. The molecule has 0 aromatic rings. The van der Waals surface area contributed by atoms with Crippen molar-refractivity contribution in [2.75, 3.05) is 19.6 Å². The Morgan fingerprint density at radius 3 is 2.30 bits per heavy atom. The zero-order valence-corrected chi connectivity index (χ0v) is 12.1. The molecule has 1 fully saturated rings. The van der Waals surface area contributed by atoms with Crippen LogP contribution in [0.1, 0.15) is 45.4 Å². The second-order valence-electron chi connectivity index (χ2n) is 5.36. The van der Waals surface area contributed by atoms with E-state index in [0.29, 0.717) is 31.7 Å². The number of carbonyl (C=O) groups excluding carboxylic acids is 2. The van der Waals surface area contributed by atoms with Crippen molar-refractivity contribution in [1.82, 2.24) is 10.2 Å². The van der Waals surface area contributed by atoms with Gasteiger partial charge in [0.2, 0.25) is 11.8 Å². The van der Waals surface area contributed by atoms with Gasteiger partial charge in [0.15, 0.2) is 0 Å². The van der Waals surface area contributed by atoms with E-state index >= 15 is 0 Å². The number of carbonyl (C=O) groups is 3. The Morgan fingerprint density at radius 2 is 1.75 bits per heavy atom. The average molecular weight is 284 g/mol. The first-order chi connectivity index (χ1) is 9.49. The second-order valence-corrected chi connectivity index (χ2v) is 5.36. The predicted octanol–water partition coefficient (Wildman–Crippen LogP) is 1.01. The Bertz CT molecular complexity index is 349. The minimum Gasteiger partial charge on any atom is -0.481 e. The zero-order valence-electron chi connectivity index (χ0n) is 12.1. The first-order valence-electron chi connectivity index (χ1n) is 7.23. The molecule has 1 aliphatic rings. The number of unbranched alkanes of at least 4 members (excludes halogenated alkanes) is 1. The largest absolute Gasteiger partial charge is 0.481 e. The van der Waals surface area contributed by atoms with Crippen LogP contribution in [0.15, 0.2) is 0 Å². The third kappa shape index (κ3) is 6.54. The maximum Gasteiger partial charge on any atom is 0.303 e. The molecule has 0 aromatic carbocycles. The molecule has 114 valence electrons. The van der Waals surface area contributed by atoms with Crippen molar-refractivity contribution in [2.45, 2.75) is 45.4 Å². The van der Waals surface area contributed by atoms with Gasteiger partial charge in [0, 0.05) is 39.4 Å². The van der Waals surface area contributed by atoms with Gasteiger partial charge in [0.05, 0.1) is 0 Å². The molecule has 0 unspecified atom stereocenters. The molecular weight excluding hydrogens is 260 g/mol. The number of hydrogen-bond donors (Lipinski definition) is 2. The number of piperidine rings is 1. The molecule has 2 N–H and O–H groups in total. The van der Waals surface area contributed by atoms with Crippen molar-refractivity contribution in [2.24, 2.45) is 5.92 Å². The molecule has 1 rings (SSSR count). The number of aliphatic carboxylic acids is 1. The van der Waals surface area contributed by atoms with Crippen LogP contribution in [0.25, 0.3) is 0 Å². The van der Waals surface area contributed by atoms with E-state index in [9.17, 15) is 14.4 Å². The topological polar surface area (TPSA) is 86.7 Å². The highest BCUT2D eigenvalue weighted by molar-refractivity contribution is 5.76. The molecule has 0 aliphatic carbocycles. The molecular formula is C14H24N2O4. The van der Waals surface area contributed by atoms with Crippen LogP contribution in [0, 0.1) is 5.92 Å². The molecule has 0 radical (unpaired) electrons. The summed E-state index contributed by atoms with van der Waals surface area (Å²) < 4.78 is 0. The molecule has 0 saturated carbocycles. The van der Waals surface area contributed by atoms with Gasteiger partial charge in [-0.05, 0) is 31.6 Å². The summed E-state index contributed by atoms with van der Waals surface area (Å²) in [5.74, 6) is -0.249. The zero-order chi connectivity index (χ0) is 15.0. The van der Waals surface area contributed by atoms with Crippen LogP contribution < -0.4 is 5.32 Å². The fraction of sp³-hybridized carbons (Fsp3) is 0.786. The van der Waals surface area contributed by atoms with Crippen LogP contribution in [0.2, 0.25) is 0 Å². The predicted molar refractivity (Wildman–Crippen MR) is 74.1 cm³/mol. The highest BCUT2D eigenvalue weighted by Gasteiger charge is 2.22. The third-order valence-corrected chi connectivity index (χ3v) is 3.64. The Hall–Kier alpha value is -1.59. The third-order valence-electron chi connectivity index (χ3n) is 3.64. The molecule has 6 nitrogen and oxygen atoms in total. The monoisotopic (exact) mass is 284 g/mol. The summed E-state index contributed by atoms with van der Waals surface area (Å²) in [4.78, 5) is 35.0. The van der Waals surface area contributed by atoms with Crippen LogP contribution in [0.4, 0.5) is 0 Å². The molecule has 0 atom stereocenters. The van der Waals surface area contributed by atoms with E-state index in [1.165, 1.54) is 6.92 Å². The summed E-state index contributed by atoms with van der Waals surface area (Å²) in [7, 11) is 0. The second kappa shape index (κ2) is 8.55. The van der Waals surface area contributed by atoms with E-state index in [2.05, 4.69) is 5.32 Å². The SMILES string of the molecule is CC(=O)NCC1CCN(C(=O)CCCCC(=O)O)CC1. The lowest BCUT2D eigenvalue weighted by atomic mass is 9.96. The average Bonchev–Trinajstić information content (AvgIpc) is 2.41. The van der Waals surface area contributed by atoms with Gasteiger partial charge in [0.25, 0.3) is 0 Å². The summed E-state index contributed by atoms with van der Waals surface area (Å²) in [6.07, 6.45) is 3.59. The minimum absolute atomic E-state index is 0.0121. The molecule has 1 heterocycles. The van der Waals surface area contributed by atoms with Crippen molar-refractivity contribution in [3.63, 3.8) is 0 Å². The number of nitrogens with zero attached hydrogens (tertiary/aromatic N) is 1. The van der Waals surface area contributed by atoms with Crippen LogP contribution in [0.3, 0.4) is 0 Å². The molecule has 0 aromatic heterocycles. The first-order valence-corrected chi connectivity index (χ1v) is 7.23. The highest BCUT2D eigenvalue weighted by Crippen LogP contribution is 2.17. The standard InChI is InChI=1S/C14H24N2O4/c1-11(17)15-10-12-6-8-16(9-7-12)13(18)4-2-3-5-14(19)20/h12H,2-10H2,1H3,(H,15,17)(H,19,20). The molecule has 0 bridgehead atoms. The fourth-order valence-electron chi connectivity index (χ4n) is 2.39. The Morgan fingerprint density at radius 1 is 1.15 bits per heavy atom. The number of rotatable bonds is 7. The van der Waals surface area contributed by atoms with E-state index in [0.717, 1.165) is 25.9 Å². The van der Waals surface area contributed by atoms with Crippen LogP contribution >= 0.6 is 0 Å². The first kappa shape index (κ1) is 16.5.